The molecule has 3 aromatic carbocycles. The van der Waals surface area contributed by atoms with Gasteiger partial charge in [-0.05, 0) is 28.5 Å². The topological polar surface area (TPSA) is 62.7 Å². The van der Waals surface area contributed by atoms with Crippen molar-refractivity contribution in [1.29, 1.82) is 0 Å². The molecular weight excluding hydrogens is 424 g/mol. The van der Waals surface area contributed by atoms with Crippen LogP contribution in [0, 0.1) is 5.92 Å². The second-order valence-corrected chi connectivity index (χ2v) is 8.86. The van der Waals surface area contributed by atoms with Crippen molar-refractivity contribution in [3.05, 3.63) is 114 Å². The summed E-state index contributed by atoms with van der Waals surface area (Å²) in [4.78, 5) is 20.2. The highest BCUT2D eigenvalue weighted by atomic mass is 16.5. The molecule has 0 aliphatic carbocycles. The van der Waals surface area contributed by atoms with E-state index in [1.807, 2.05) is 60.9 Å². The number of benzene rings is 3. The molecule has 34 heavy (non-hydrogen) atoms. The summed E-state index contributed by atoms with van der Waals surface area (Å²) in [6.07, 6.45) is 4.52. The number of pyridine rings is 1. The summed E-state index contributed by atoms with van der Waals surface area (Å²) in [6.45, 7) is 1.94. The summed E-state index contributed by atoms with van der Waals surface area (Å²) in [5.41, 5.74) is 0.498. The Morgan fingerprint density at radius 2 is 1.59 bits per heavy atom. The average Bonchev–Trinajstić information content (AvgIpc) is 3.14. The number of nitrogens with zero attached hydrogens (tertiary/aromatic N) is 2. The second kappa shape index (κ2) is 9.75. The summed E-state index contributed by atoms with van der Waals surface area (Å²) in [5.74, 6) is -0.230. The van der Waals surface area contributed by atoms with E-state index in [1.54, 1.807) is 29.2 Å². The van der Waals surface area contributed by atoms with Gasteiger partial charge in [-0.1, -0.05) is 84.9 Å². The van der Waals surface area contributed by atoms with E-state index in [0.29, 0.717) is 37.4 Å². The fraction of sp³-hybridized carbons (Fsp3) is 0.241. The molecule has 0 spiro atoms. The van der Waals surface area contributed by atoms with Crippen LogP contribution < -0.4 is 0 Å². The van der Waals surface area contributed by atoms with Gasteiger partial charge in [-0.25, -0.2) is 0 Å². The standard InChI is InChI=1S/C29H28N2O3/c32-28(29(33,25-10-3-1-4-11-25)26-12-5-2-6-13-26)31-15-16-34-21-22(20-31)17-24-19-30-18-23-9-7-8-14-27(23)24/h1-14,18-19,22,33H,15-17,20-21H2/t22-/m0/s1. The molecule has 0 saturated carbocycles. The third-order valence-corrected chi connectivity index (χ3v) is 6.58. The van der Waals surface area contributed by atoms with Crippen molar-refractivity contribution in [2.24, 2.45) is 5.92 Å². The number of rotatable bonds is 5. The van der Waals surface area contributed by atoms with Gasteiger partial charge in [-0.3, -0.25) is 9.78 Å². The first-order valence-electron chi connectivity index (χ1n) is 11.7. The van der Waals surface area contributed by atoms with E-state index in [1.165, 1.54) is 5.39 Å². The Hall–Kier alpha value is -3.54. The lowest BCUT2D eigenvalue weighted by Gasteiger charge is -2.34. The zero-order chi connectivity index (χ0) is 23.4. The number of amides is 1. The third kappa shape index (κ3) is 4.32. The van der Waals surface area contributed by atoms with E-state index in [0.717, 1.165) is 17.4 Å². The third-order valence-electron chi connectivity index (χ3n) is 6.58. The van der Waals surface area contributed by atoms with Crippen molar-refractivity contribution in [1.82, 2.24) is 9.88 Å². The molecule has 1 amide bonds. The van der Waals surface area contributed by atoms with Crippen molar-refractivity contribution >= 4 is 16.7 Å². The minimum Gasteiger partial charge on any atom is -0.379 e. The number of carbonyl (C=O) groups is 1. The second-order valence-electron chi connectivity index (χ2n) is 8.86. The Bertz CT molecular complexity index is 1220. The summed E-state index contributed by atoms with van der Waals surface area (Å²) in [5, 5.41) is 14.2. The molecule has 1 N–H and O–H groups in total. The summed E-state index contributed by atoms with van der Waals surface area (Å²) < 4.78 is 5.90. The number of fused-ring (bicyclic) bond motifs is 1. The maximum Gasteiger partial charge on any atom is 0.264 e. The van der Waals surface area contributed by atoms with Crippen molar-refractivity contribution in [3.63, 3.8) is 0 Å². The van der Waals surface area contributed by atoms with E-state index in [4.69, 9.17) is 4.74 Å². The number of ether oxygens (including phenoxy) is 1. The fourth-order valence-electron chi connectivity index (χ4n) is 4.84. The maximum absolute atomic E-state index is 14.0. The van der Waals surface area contributed by atoms with Crippen LogP contribution in [0.15, 0.2) is 97.3 Å². The van der Waals surface area contributed by atoms with E-state index in [2.05, 4.69) is 17.1 Å². The van der Waals surface area contributed by atoms with Gasteiger partial charge in [0.2, 0.25) is 0 Å². The molecule has 4 aromatic rings. The number of hydrogen-bond acceptors (Lipinski definition) is 4. The van der Waals surface area contributed by atoms with Crippen LogP contribution in [0.1, 0.15) is 16.7 Å². The van der Waals surface area contributed by atoms with E-state index >= 15 is 0 Å². The van der Waals surface area contributed by atoms with Gasteiger partial charge in [-0.2, -0.15) is 0 Å². The Morgan fingerprint density at radius 1 is 0.941 bits per heavy atom. The average molecular weight is 453 g/mol. The zero-order valence-corrected chi connectivity index (χ0v) is 19.0. The van der Waals surface area contributed by atoms with E-state index in [9.17, 15) is 9.90 Å². The summed E-state index contributed by atoms with van der Waals surface area (Å²) in [7, 11) is 0. The first kappa shape index (κ1) is 22.3. The zero-order valence-electron chi connectivity index (χ0n) is 19.0. The molecule has 1 aliphatic heterocycles. The van der Waals surface area contributed by atoms with Gasteiger partial charge < -0.3 is 14.7 Å². The lowest BCUT2D eigenvalue weighted by Crippen LogP contribution is -2.49. The van der Waals surface area contributed by atoms with Gasteiger partial charge in [0, 0.05) is 36.8 Å². The number of hydrogen-bond donors (Lipinski definition) is 1. The van der Waals surface area contributed by atoms with Gasteiger partial charge in [0.1, 0.15) is 0 Å². The molecule has 1 aliphatic rings. The molecule has 172 valence electrons. The molecule has 0 bridgehead atoms. The lowest BCUT2D eigenvalue weighted by molar-refractivity contribution is -0.148. The summed E-state index contributed by atoms with van der Waals surface area (Å²) in [6, 6.07) is 26.6. The van der Waals surface area contributed by atoms with E-state index in [-0.39, 0.29) is 11.8 Å². The van der Waals surface area contributed by atoms with Gasteiger partial charge in [0.25, 0.3) is 5.91 Å². The SMILES string of the molecule is O=C(N1CCOC[C@@H](Cc2cncc3ccccc23)C1)C(O)(c1ccccc1)c1ccccc1. The molecule has 1 fully saturated rings. The first-order valence-corrected chi connectivity index (χ1v) is 11.7. The largest absolute Gasteiger partial charge is 0.379 e. The Morgan fingerprint density at radius 3 is 2.29 bits per heavy atom. The van der Waals surface area contributed by atoms with Crippen molar-refractivity contribution in [2.75, 3.05) is 26.3 Å². The van der Waals surface area contributed by atoms with Gasteiger partial charge in [0.05, 0.1) is 13.2 Å². The summed E-state index contributed by atoms with van der Waals surface area (Å²) >= 11 is 0. The minimum atomic E-state index is -1.77. The molecule has 0 unspecified atom stereocenters. The molecular formula is C29H28N2O3. The number of aliphatic hydroxyl groups is 1. The monoisotopic (exact) mass is 452 g/mol. The highest BCUT2D eigenvalue weighted by Crippen LogP contribution is 2.33. The molecule has 0 radical (unpaired) electrons. The molecule has 5 nitrogen and oxygen atoms in total. The van der Waals surface area contributed by atoms with Crippen LogP contribution in [0.4, 0.5) is 0 Å². The highest BCUT2D eigenvalue weighted by Gasteiger charge is 2.43. The van der Waals surface area contributed by atoms with Crippen LogP contribution in [0.2, 0.25) is 0 Å². The maximum atomic E-state index is 14.0. The van der Waals surface area contributed by atoms with Crippen LogP contribution >= 0.6 is 0 Å². The van der Waals surface area contributed by atoms with E-state index < -0.39 is 5.60 Å². The normalized spacial score (nSPS) is 16.9. The van der Waals surface area contributed by atoms with Gasteiger partial charge in [0.15, 0.2) is 5.60 Å². The van der Waals surface area contributed by atoms with Gasteiger partial charge in [-0.15, -0.1) is 0 Å². The molecule has 1 atom stereocenters. The highest BCUT2D eigenvalue weighted by molar-refractivity contribution is 5.90. The predicted octanol–water partition coefficient (Wildman–Crippen LogP) is 4.19. The Balaban J connectivity index is 1.45. The van der Waals surface area contributed by atoms with Crippen LogP contribution in [-0.2, 0) is 21.6 Å². The van der Waals surface area contributed by atoms with Gasteiger partial charge >= 0.3 is 0 Å². The van der Waals surface area contributed by atoms with Crippen molar-refractivity contribution in [3.8, 4) is 0 Å². The predicted molar refractivity (Wildman–Crippen MR) is 132 cm³/mol. The smallest absolute Gasteiger partial charge is 0.264 e. The fourth-order valence-corrected chi connectivity index (χ4v) is 4.84. The molecule has 5 heteroatoms. The first-order chi connectivity index (χ1) is 16.7. The molecule has 2 heterocycles. The van der Waals surface area contributed by atoms with Crippen LogP contribution in [0.3, 0.4) is 0 Å². The molecule has 1 saturated heterocycles. The molecule has 5 rings (SSSR count). The van der Waals surface area contributed by atoms with Crippen LogP contribution in [-0.4, -0.2) is 47.2 Å². The van der Waals surface area contributed by atoms with Crippen LogP contribution in [0.25, 0.3) is 10.8 Å². The van der Waals surface area contributed by atoms with Crippen molar-refractivity contribution < 1.29 is 14.6 Å². The Kier molecular flexibility index (Phi) is 6.39. The quantitative estimate of drug-likeness (QED) is 0.493. The Labute approximate surface area is 199 Å². The minimum absolute atomic E-state index is 0.0925. The number of aromatic nitrogens is 1. The van der Waals surface area contributed by atoms with Crippen molar-refractivity contribution in [2.45, 2.75) is 12.0 Å². The number of carbonyl (C=O) groups excluding carboxylic acids is 1. The van der Waals surface area contributed by atoms with Crippen LogP contribution in [0.5, 0.6) is 0 Å². The molecule has 1 aromatic heterocycles. The lowest BCUT2D eigenvalue weighted by atomic mass is 9.84.